The minimum absolute atomic E-state index is 0.352. The highest BCUT2D eigenvalue weighted by Crippen LogP contribution is 2.58. The summed E-state index contributed by atoms with van der Waals surface area (Å²) in [5.74, 6) is -28.1. The lowest BCUT2D eigenvalue weighted by Gasteiger charge is -2.37. The standard InChI is InChI=1S/C14H11F11O/c1-7-3-2-4-8(5-7)9(26)6-10(15,16)11(17,18)12(19,20)13(21,22)14(23,24)25/h2-5,9,26H,6H2,1H3. The summed E-state index contributed by atoms with van der Waals surface area (Å²) in [5.41, 5.74) is -0.0862. The first-order valence-electron chi connectivity index (χ1n) is 6.71. The molecular formula is C14H11F11O. The van der Waals surface area contributed by atoms with Crippen molar-refractivity contribution in [3.8, 4) is 0 Å². The lowest BCUT2D eigenvalue weighted by molar-refractivity contribution is -0.423. The Bertz CT molecular complexity index is 636. The Balaban J connectivity index is 3.23. The first-order valence-corrected chi connectivity index (χ1v) is 6.71. The van der Waals surface area contributed by atoms with Gasteiger partial charge in [-0.1, -0.05) is 29.8 Å². The maximum absolute atomic E-state index is 13.6. The van der Waals surface area contributed by atoms with Gasteiger partial charge in [-0.25, -0.2) is 0 Å². The SMILES string of the molecule is Cc1cccc(C(O)CC(F)(F)C(F)(F)C(F)(F)C(F)(F)C(F)(F)F)c1. The number of alkyl halides is 11. The average Bonchev–Trinajstić information content (AvgIpc) is 2.44. The Morgan fingerprint density at radius 2 is 1.31 bits per heavy atom. The van der Waals surface area contributed by atoms with E-state index in [4.69, 9.17) is 0 Å². The summed E-state index contributed by atoms with van der Waals surface area (Å²) in [5, 5.41) is 9.50. The van der Waals surface area contributed by atoms with Crippen LogP contribution in [0.4, 0.5) is 48.3 Å². The van der Waals surface area contributed by atoms with E-state index in [1.165, 1.54) is 19.1 Å². The van der Waals surface area contributed by atoms with Gasteiger partial charge in [-0.3, -0.25) is 0 Å². The zero-order valence-corrected chi connectivity index (χ0v) is 12.7. The normalized spacial score (nSPS) is 15.9. The maximum Gasteiger partial charge on any atom is 0.460 e. The van der Waals surface area contributed by atoms with Crippen LogP contribution in [0, 0.1) is 6.92 Å². The maximum atomic E-state index is 13.6. The summed E-state index contributed by atoms with van der Waals surface area (Å²) in [4.78, 5) is 0. The van der Waals surface area contributed by atoms with Crippen LogP contribution in [-0.2, 0) is 0 Å². The van der Waals surface area contributed by atoms with Crippen LogP contribution in [0.1, 0.15) is 23.7 Å². The average molecular weight is 404 g/mol. The highest BCUT2D eigenvalue weighted by atomic mass is 19.4. The van der Waals surface area contributed by atoms with E-state index in [9.17, 15) is 53.4 Å². The lowest BCUT2D eigenvalue weighted by Crippen LogP contribution is -2.66. The minimum atomic E-state index is -7.46. The fourth-order valence-electron chi connectivity index (χ4n) is 1.97. The summed E-state index contributed by atoms with van der Waals surface area (Å²) in [6.45, 7) is 1.40. The molecule has 1 atom stereocenters. The number of aliphatic hydroxyl groups excluding tert-OH is 1. The van der Waals surface area contributed by atoms with Crippen molar-refractivity contribution < 1.29 is 53.4 Å². The molecule has 1 aromatic carbocycles. The third-order valence-corrected chi connectivity index (χ3v) is 3.48. The molecule has 150 valence electrons. The van der Waals surface area contributed by atoms with E-state index in [1.54, 1.807) is 0 Å². The molecule has 0 heterocycles. The molecule has 26 heavy (non-hydrogen) atoms. The van der Waals surface area contributed by atoms with E-state index in [0.29, 0.717) is 5.56 Å². The number of benzene rings is 1. The number of hydrogen-bond acceptors (Lipinski definition) is 1. The molecule has 1 nitrogen and oxygen atoms in total. The number of hydrogen-bond donors (Lipinski definition) is 1. The molecule has 0 radical (unpaired) electrons. The highest BCUT2D eigenvalue weighted by molar-refractivity contribution is 5.24. The third kappa shape index (κ3) is 3.60. The van der Waals surface area contributed by atoms with Crippen molar-refractivity contribution in [3.05, 3.63) is 35.4 Å². The van der Waals surface area contributed by atoms with E-state index < -0.39 is 48.0 Å². The van der Waals surface area contributed by atoms with Crippen LogP contribution in [0.15, 0.2) is 24.3 Å². The summed E-state index contributed by atoms with van der Waals surface area (Å²) < 4.78 is 141. The quantitative estimate of drug-likeness (QED) is 0.619. The largest absolute Gasteiger partial charge is 0.460 e. The van der Waals surface area contributed by atoms with Crippen molar-refractivity contribution in [2.45, 2.75) is 49.3 Å². The monoisotopic (exact) mass is 404 g/mol. The topological polar surface area (TPSA) is 20.2 Å². The van der Waals surface area contributed by atoms with Crippen LogP contribution >= 0.6 is 0 Å². The molecule has 1 N–H and O–H groups in total. The smallest absolute Gasteiger partial charge is 0.388 e. The molecule has 0 amide bonds. The highest BCUT2D eigenvalue weighted by Gasteiger charge is 2.87. The second-order valence-electron chi connectivity index (χ2n) is 5.56. The second kappa shape index (κ2) is 6.54. The van der Waals surface area contributed by atoms with Crippen LogP contribution in [0.3, 0.4) is 0 Å². The minimum Gasteiger partial charge on any atom is -0.388 e. The van der Waals surface area contributed by atoms with Crippen molar-refractivity contribution in [3.63, 3.8) is 0 Å². The predicted molar refractivity (Wildman–Crippen MR) is 66.6 cm³/mol. The summed E-state index contributed by atoms with van der Waals surface area (Å²) in [7, 11) is 0. The van der Waals surface area contributed by atoms with E-state index in [-0.39, 0.29) is 0 Å². The van der Waals surface area contributed by atoms with Crippen LogP contribution in [0.25, 0.3) is 0 Å². The second-order valence-corrected chi connectivity index (χ2v) is 5.56. The molecule has 1 unspecified atom stereocenters. The van der Waals surface area contributed by atoms with E-state index >= 15 is 0 Å². The van der Waals surface area contributed by atoms with E-state index in [1.807, 2.05) is 0 Å². The van der Waals surface area contributed by atoms with Crippen LogP contribution in [0.2, 0.25) is 0 Å². The molecule has 1 rings (SSSR count). The van der Waals surface area contributed by atoms with Gasteiger partial charge in [0.2, 0.25) is 0 Å². The first kappa shape index (κ1) is 22.5. The first-order chi connectivity index (χ1) is 11.4. The van der Waals surface area contributed by atoms with Crippen molar-refractivity contribution >= 4 is 0 Å². The summed E-state index contributed by atoms with van der Waals surface area (Å²) in [6, 6.07) is 4.56. The zero-order chi connectivity index (χ0) is 20.8. The van der Waals surface area contributed by atoms with Gasteiger partial charge < -0.3 is 5.11 Å². The molecule has 0 spiro atoms. The van der Waals surface area contributed by atoms with Gasteiger partial charge in [0.1, 0.15) is 0 Å². The van der Waals surface area contributed by atoms with Gasteiger partial charge in [0.15, 0.2) is 0 Å². The molecule has 0 fully saturated rings. The molecule has 0 aliphatic heterocycles. The molecule has 0 saturated carbocycles. The molecule has 0 bridgehead atoms. The predicted octanol–water partition coefficient (Wildman–Crippen LogP) is 5.52. The number of rotatable bonds is 6. The number of aliphatic hydroxyl groups is 1. The molecule has 0 aliphatic rings. The number of halogens is 11. The molecule has 0 aromatic heterocycles. The Hall–Kier alpha value is -1.59. The fourth-order valence-corrected chi connectivity index (χ4v) is 1.97. The van der Waals surface area contributed by atoms with Gasteiger partial charge in [0.25, 0.3) is 0 Å². The fraction of sp³-hybridized carbons (Fsp3) is 0.571. The van der Waals surface area contributed by atoms with Crippen LogP contribution < -0.4 is 0 Å². The van der Waals surface area contributed by atoms with Crippen LogP contribution in [-0.4, -0.2) is 35.0 Å². The lowest BCUT2D eigenvalue weighted by atomic mass is 9.92. The Morgan fingerprint density at radius 1 is 0.808 bits per heavy atom. The Morgan fingerprint density at radius 3 is 1.73 bits per heavy atom. The summed E-state index contributed by atoms with van der Waals surface area (Å²) >= 11 is 0. The van der Waals surface area contributed by atoms with Crippen molar-refractivity contribution in [2.75, 3.05) is 0 Å². The zero-order valence-electron chi connectivity index (χ0n) is 12.7. The Kier molecular flexibility index (Phi) is 5.64. The number of aryl methyl sites for hydroxylation is 1. The molecule has 0 aliphatic carbocycles. The third-order valence-electron chi connectivity index (χ3n) is 3.48. The van der Waals surface area contributed by atoms with E-state index in [2.05, 4.69) is 0 Å². The van der Waals surface area contributed by atoms with Gasteiger partial charge in [-0.05, 0) is 12.5 Å². The van der Waals surface area contributed by atoms with Gasteiger partial charge >= 0.3 is 29.9 Å². The van der Waals surface area contributed by atoms with Gasteiger partial charge in [0.05, 0.1) is 6.10 Å². The summed E-state index contributed by atoms with van der Waals surface area (Å²) in [6.07, 6.45) is -12.2. The van der Waals surface area contributed by atoms with Crippen molar-refractivity contribution in [2.24, 2.45) is 0 Å². The van der Waals surface area contributed by atoms with Gasteiger partial charge in [-0.15, -0.1) is 0 Å². The van der Waals surface area contributed by atoms with Crippen molar-refractivity contribution in [1.82, 2.24) is 0 Å². The Labute approximate surface area is 139 Å². The van der Waals surface area contributed by atoms with E-state index in [0.717, 1.165) is 12.1 Å². The van der Waals surface area contributed by atoms with Crippen molar-refractivity contribution in [1.29, 1.82) is 0 Å². The van der Waals surface area contributed by atoms with Crippen LogP contribution in [0.5, 0.6) is 0 Å². The molecular weight excluding hydrogens is 393 g/mol. The molecule has 1 aromatic rings. The molecule has 0 saturated heterocycles. The molecule has 12 heteroatoms. The van der Waals surface area contributed by atoms with Gasteiger partial charge in [0, 0.05) is 6.42 Å². The van der Waals surface area contributed by atoms with Gasteiger partial charge in [-0.2, -0.15) is 48.3 Å².